The maximum absolute atomic E-state index is 5.91. The van der Waals surface area contributed by atoms with E-state index in [0.717, 1.165) is 23.4 Å². The zero-order valence-electron chi connectivity index (χ0n) is 6.26. The number of hydrogen-bond acceptors (Lipinski definition) is 0. The molecule has 1 heteroatoms. The van der Waals surface area contributed by atoms with Crippen molar-refractivity contribution in [3.8, 4) is 0 Å². The molecule has 0 amide bonds. The second-order valence-electron chi connectivity index (χ2n) is 2.37. The summed E-state index contributed by atoms with van der Waals surface area (Å²) in [6.45, 7) is 5.26. The predicted molar refractivity (Wildman–Crippen MR) is 48.6 cm³/mol. The second kappa shape index (κ2) is 4.20. The lowest BCUT2D eigenvalue weighted by Crippen LogP contribution is -1.83. The predicted octanol–water partition coefficient (Wildman–Crippen LogP) is 3.26. The van der Waals surface area contributed by atoms with E-state index in [-0.39, 0.29) is 0 Å². The highest BCUT2D eigenvalue weighted by atomic mass is 35.5. The molecule has 0 fully saturated rings. The van der Waals surface area contributed by atoms with E-state index in [0.29, 0.717) is 0 Å². The molecule has 0 aliphatic rings. The Balaban J connectivity index is 2.69. The van der Waals surface area contributed by atoms with Crippen molar-refractivity contribution in [1.82, 2.24) is 0 Å². The fourth-order valence-electron chi connectivity index (χ4n) is 0.940. The van der Waals surface area contributed by atoms with Crippen molar-refractivity contribution >= 4 is 11.6 Å². The van der Waals surface area contributed by atoms with Gasteiger partial charge in [0.2, 0.25) is 0 Å². The SMILES string of the molecule is [CH]=CCCc1ccccc1Cl. The Morgan fingerprint density at radius 1 is 1.36 bits per heavy atom. The lowest BCUT2D eigenvalue weighted by molar-refractivity contribution is 1.00. The molecular weight excluding hydrogens is 156 g/mol. The van der Waals surface area contributed by atoms with E-state index in [1.165, 1.54) is 0 Å². The molecule has 0 unspecified atom stereocenters. The molecule has 0 nitrogen and oxygen atoms in total. The molecule has 0 saturated heterocycles. The van der Waals surface area contributed by atoms with Crippen molar-refractivity contribution in [3.05, 3.63) is 47.5 Å². The van der Waals surface area contributed by atoms with Crippen LogP contribution in [0.2, 0.25) is 5.02 Å². The first-order valence-corrected chi connectivity index (χ1v) is 3.99. The number of aryl methyl sites for hydroxylation is 1. The molecule has 0 aliphatic heterocycles. The summed E-state index contributed by atoms with van der Waals surface area (Å²) in [7, 11) is 0. The minimum Gasteiger partial charge on any atom is -0.0842 e. The van der Waals surface area contributed by atoms with Crippen LogP contribution in [0.3, 0.4) is 0 Å². The van der Waals surface area contributed by atoms with Crippen molar-refractivity contribution < 1.29 is 0 Å². The Hall–Kier alpha value is -0.750. The minimum atomic E-state index is 0.828. The molecule has 11 heavy (non-hydrogen) atoms. The van der Waals surface area contributed by atoms with E-state index >= 15 is 0 Å². The number of allylic oxidation sites excluding steroid dienone is 1. The van der Waals surface area contributed by atoms with Gasteiger partial charge in [-0.25, -0.2) is 0 Å². The third-order valence-electron chi connectivity index (χ3n) is 1.54. The molecular formula is C10H10Cl. The largest absolute Gasteiger partial charge is 0.0842 e. The monoisotopic (exact) mass is 165 g/mol. The zero-order valence-corrected chi connectivity index (χ0v) is 7.01. The average Bonchev–Trinajstić information content (AvgIpc) is 2.03. The van der Waals surface area contributed by atoms with Crippen LogP contribution >= 0.6 is 11.6 Å². The van der Waals surface area contributed by atoms with Gasteiger partial charge in [0.1, 0.15) is 0 Å². The normalized spacial score (nSPS) is 9.55. The molecule has 0 spiro atoms. The van der Waals surface area contributed by atoms with Crippen molar-refractivity contribution in [1.29, 1.82) is 0 Å². The highest BCUT2D eigenvalue weighted by Crippen LogP contribution is 2.16. The van der Waals surface area contributed by atoms with Gasteiger partial charge in [-0.2, -0.15) is 0 Å². The van der Waals surface area contributed by atoms with Crippen molar-refractivity contribution in [2.24, 2.45) is 0 Å². The van der Waals surface area contributed by atoms with Gasteiger partial charge in [-0.05, 0) is 24.5 Å². The summed E-state index contributed by atoms with van der Waals surface area (Å²) in [4.78, 5) is 0. The zero-order chi connectivity index (χ0) is 8.10. The minimum absolute atomic E-state index is 0.828. The molecule has 0 atom stereocenters. The lowest BCUT2D eigenvalue weighted by atomic mass is 10.1. The van der Waals surface area contributed by atoms with Crippen molar-refractivity contribution in [3.63, 3.8) is 0 Å². The van der Waals surface area contributed by atoms with Gasteiger partial charge in [-0.1, -0.05) is 42.5 Å². The molecule has 1 aromatic rings. The Kier molecular flexibility index (Phi) is 3.18. The van der Waals surface area contributed by atoms with E-state index < -0.39 is 0 Å². The van der Waals surface area contributed by atoms with Gasteiger partial charge in [0.15, 0.2) is 0 Å². The molecule has 0 aliphatic carbocycles. The summed E-state index contributed by atoms with van der Waals surface area (Å²) in [5.74, 6) is 0. The van der Waals surface area contributed by atoms with Crippen LogP contribution in [-0.4, -0.2) is 0 Å². The number of halogens is 1. The van der Waals surface area contributed by atoms with E-state index in [9.17, 15) is 0 Å². The van der Waals surface area contributed by atoms with Crippen LogP contribution < -0.4 is 0 Å². The fraction of sp³-hybridized carbons (Fsp3) is 0.200. The summed E-state index contributed by atoms with van der Waals surface area (Å²) in [5.41, 5.74) is 1.16. The quantitative estimate of drug-likeness (QED) is 0.645. The first-order chi connectivity index (χ1) is 5.34. The van der Waals surface area contributed by atoms with Gasteiger partial charge in [0.05, 0.1) is 0 Å². The van der Waals surface area contributed by atoms with Gasteiger partial charge in [0.25, 0.3) is 0 Å². The molecule has 0 bridgehead atoms. The van der Waals surface area contributed by atoms with E-state index in [4.69, 9.17) is 18.2 Å². The summed E-state index contributed by atoms with van der Waals surface area (Å²) < 4.78 is 0. The van der Waals surface area contributed by atoms with Crippen LogP contribution in [0.15, 0.2) is 30.3 Å². The summed E-state index contributed by atoms with van der Waals surface area (Å²) >= 11 is 5.91. The van der Waals surface area contributed by atoms with Crippen LogP contribution in [0, 0.1) is 6.58 Å². The lowest BCUT2D eigenvalue weighted by Gasteiger charge is -1.99. The summed E-state index contributed by atoms with van der Waals surface area (Å²) in [5, 5.41) is 0.828. The highest BCUT2D eigenvalue weighted by Gasteiger charge is 1.95. The first kappa shape index (κ1) is 8.35. The van der Waals surface area contributed by atoms with E-state index in [1.807, 2.05) is 24.3 Å². The molecule has 0 N–H and O–H groups in total. The molecule has 57 valence electrons. The standard InChI is InChI=1S/C10H10Cl/c1-2-3-6-9-7-4-5-8-10(9)11/h1-2,4-5,7-8H,3,6H2. The van der Waals surface area contributed by atoms with E-state index in [1.54, 1.807) is 6.08 Å². The van der Waals surface area contributed by atoms with Crippen molar-refractivity contribution in [2.45, 2.75) is 12.8 Å². The van der Waals surface area contributed by atoms with Crippen LogP contribution in [0.5, 0.6) is 0 Å². The third-order valence-corrected chi connectivity index (χ3v) is 1.91. The maximum atomic E-state index is 5.91. The van der Waals surface area contributed by atoms with Crippen LogP contribution in [-0.2, 0) is 6.42 Å². The molecule has 1 radical (unpaired) electrons. The summed E-state index contributed by atoms with van der Waals surface area (Å²) in [6, 6.07) is 7.83. The Labute approximate surface area is 72.5 Å². The fourth-order valence-corrected chi connectivity index (χ4v) is 1.17. The van der Waals surface area contributed by atoms with Crippen LogP contribution in [0.25, 0.3) is 0 Å². The Morgan fingerprint density at radius 2 is 2.09 bits per heavy atom. The summed E-state index contributed by atoms with van der Waals surface area (Å²) in [6.07, 6.45) is 3.46. The molecule has 0 saturated carbocycles. The molecule has 0 heterocycles. The van der Waals surface area contributed by atoms with Gasteiger partial charge in [-0.15, -0.1) is 0 Å². The number of hydrogen-bond donors (Lipinski definition) is 0. The Bertz CT molecular complexity index is 240. The number of benzene rings is 1. The topological polar surface area (TPSA) is 0 Å². The maximum Gasteiger partial charge on any atom is 0.0438 e. The highest BCUT2D eigenvalue weighted by molar-refractivity contribution is 6.31. The van der Waals surface area contributed by atoms with Gasteiger partial charge < -0.3 is 0 Å². The Morgan fingerprint density at radius 3 is 2.73 bits per heavy atom. The second-order valence-corrected chi connectivity index (χ2v) is 2.77. The van der Waals surface area contributed by atoms with Gasteiger partial charge in [0, 0.05) is 5.02 Å². The van der Waals surface area contributed by atoms with Crippen molar-refractivity contribution in [2.75, 3.05) is 0 Å². The van der Waals surface area contributed by atoms with Gasteiger partial charge >= 0.3 is 0 Å². The first-order valence-electron chi connectivity index (χ1n) is 3.61. The van der Waals surface area contributed by atoms with Crippen LogP contribution in [0.1, 0.15) is 12.0 Å². The smallest absolute Gasteiger partial charge is 0.0438 e. The van der Waals surface area contributed by atoms with Crippen LogP contribution in [0.4, 0.5) is 0 Å². The number of rotatable bonds is 3. The molecule has 0 aromatic heterocycles. The average molecular weight is 166 g/mol. The molecule has 1 rings (SSSR count). The molecule has 1 aromatic carbocycles. The van der Waals surface area contributed by atoms with E-state index in [2.05, 4.69) is 0 Å². The third kappa shape index (κ3) is 2.39. The van der Waals surface area contributed by atoms with Gasteiger partial charge in [-0.3, -0.25) is 0 Å².